The smallest absolute Gasteiger partial charge is 0.311 e. The zero-order valence-corrected chi connectivity index (χ0v) is 12.4. The molecule has 0 unspecified atom stereocenters. The van der Waals surface area contributed by atoms with Crippen molar-refractivity contribution in [3.63, 3.8) is 0 Å². The van der Waals surface area contributed by atoms with Crippen molar-refractivity contribution < 1.29 is 14.3 Å². The number of ketones is 1. The summed E-state index contributed by atoms with van der Waals surface area (Å²) in [7, 11) is 0. The summed E-state index contributed by atoms with van der Waals surface area (Å²) in [5.74, 6) is -0.591. The lowest BCUT2D eigenvalue weighted by molar-refractivity contribution is -0.141. The first-order valence-electron chi connectivity index (χ1n) is 5.62. The summed E-state index contributed by atoms with van der Waals surface area (Å²) in [4.78, 5) is 24.3. The van der Waals surface area contributed by atoms with E-state index in [1.165, 1.54) is 11.3 Å². The Morgan fingerprint density at radius 3 is 2.74 bits per heavy atom. The molecule has 19 heavy (non-hydrogen) atoms. The molecule has 0 aliphatic carbocycles. The standard InChI is InChI=1S/C14H11BrO3S/c15-11-4-1-3-10(7-11)13(16)9-18-14(17)8-12-5-2-6-19-12/h1-7H,8-9H2. The van der Waals surface area contributed by atoms with Crippen LogP contribution in [0.15, 0.2) is 46.3 Å². The van der Waals surface area contributed by atoms with Gasteiger partial charge in [-0.3, -0.25) is 9.59 Å². The van der Waals surface area contributed by atoms with Gasteiger partial charge in [-0.1, -0.05) is 34.1 Å². The summed E-state index contributed by atoms with van der Waals surface area (Å²) < 4.78 is 5.80. The summed E-state index contributed by atoms with van der Waals surface area (Å²) in [5.41, 5.74) is 0.526. The second-order valence-electron chi connectivity index (χ2n) is 3.85. The second-order valence-corrected chi connectivity index (χ2v) is 5.80. The minimum atomic E-state index is -0.384. The highest BCUT2D eigenvalue weighted by Crippen LogP contribution is 2.13. The number of carbonyl (C=O) groups is 2. The fourth-order valence-electron chi connectivity index (χ4n) is 1.50. The average Bonchev–Trinajstić information content (AvgIpc) is 2.88. The molecule has 5 heteroatoms. The lowest BCUT2D eigenvalue weighted by Gasteiger charge is -2.04. The Bertz CT molecular complexity index is 578. The van der Waals surface area contributed by atoms with E-state index in [0.717, 1.165) is 9.35 Å². The Hall–Kier alpha value is -1.46. The van der Waals surface area contributed by atoms with E-state index < -0.39 is 0 Å². The molecule has 0 atom stereocenters. The van der Waals surface area contributed by atoms with Gasteiger partial charge in [0, 0.05) is 14.9 Å². The van der Waals surface area contributed by atoms with Crippen LogP contribution in [0.25, 0.3) is 0 Å². The van der Waals surface area contributed by atoms with Crippen LogP contribution in [0.3, 0.4) is 0 Å². The van der Waals surface area contributed by atoms with E-state index in [1.807, 2.05) is 23.6 Å². The Morgan fingerprint density at radius 2 is 2.05 bits per heavy atom. The lowest BCUT2D eigenvalue weighted by atomic mass is 10.1. The van der Waals surface area contributed by atoms with Crippen molar-refractivity contribution in [2.24, 2.45) is 0 Å². The Kier molecular flexibility index (Phi) is 4.87. The summed E-state index contributed by atoms with van der Waals surface area (Å²) >= 11 is 4.78. The monoisotopic (exact) mass is 338 g/mol. The topological polar surface area (TPSA) is 43.4 Å². The molecule has 0 amide bonds. The predicted octanol–water partition coefficient (Wildman–Crippen LogP) is 3.48. The molecule has 2 rings (SSSR count). The van der Waals surface area contributed by atoms with E-state index in [4.69, 9.17) is 4.74 Å². The highest BCUT2D eigenvalue weighted by atomic mass is 79.9. The number of hydrogen-bond donors (Lipinski definition) is 0. The van der Waals surface area contributed by atoms with Gasteiger partial charge in [-0.05, 0) is 23.6 Å². The van der Waals surface area contributed by atoms with E-state index in [9.17, 15) is 9.59 Å². The van der Waals surface area contributed by atoms with Crippen LogP contribution in [0, 0.1) is 0 Å². The number of hydrogen-bond acceptors (Lipinski definition) is 4. The minimum absolute atomic E-state index is 0.208. The first kappa shape index (κ1) is 14.0. The molecule has 0 aliphatic rings. The molecule has 0 spiro atoms. The zero-order valence-electron chi connectivity index (χ0n) is 9.97. The predicted molar refractivity (Wildman–Crippen MR) is 77.5 cm³/mol. The fourth-order valence-corrected chi connectivity index (χ4v) is 2.59. The van der Waals surface area contributed by atoms with Crippen molar-refractivity contribution in [3.05, 3.63) is 56.7 Å². The van der Waals surface area contributed by atoms with Gasteiger partial charge < -0.3 is 4.74 Å². The van der Waals surface area contributed by atoms with Crippen molar-refractivity contribution in [1.82, 2.24) is 0 Å². The Morgan fingerprint density at radius 1 is 1.21 bits per heavy atom. The minimum Gasteiger partial charge on any atom is -0.457 e. The van der Waals surface area contributed by atoms with Crippen LogP contribution >= 0.6 is 27.3 Å². The first-order chi connectivity index (χ1) is 9.15. The Balaban J connectivity index is 1.85. The molecule has 1 heterocycles. The lowest BCUT2D eigenvalue weighted by Crippen LogP contribution is -2.15. The molecule has 0 fully saturated rings. The molecule has 0 N–H and O–H groups in total. The van der Waals surface area contributed by atoms with Crippen LogP contribution in [-0.4, -0.2) is 18.4 Å². The molecule has 2 aromatic rings. The van der Waals surface area contributed by atoms with Gasteiger partial charge in [0.05, 0.1) is 6.42 Å². The summed E-state index contributed by atoms with van der Waals surface area (Å²) in [5, 5.41) is 1.90. The zero-order chi connectivity index (χ0) is 13.7. The molecule has 3 nitrogen and oxygen atoms in total. The maximum absolute atomic E-state index is 11.8. The summed E-state index contributed by atoms with van der Waals surface area (Å²) in [6.07, 6.45) is 0.212. The molecule has 1 aromatic carbocycles. The number of benzene rings is 1. The quantitative estimate of drug-likeness (QED) is 0.619. The molecule has 0 aliphatic heterocycles. The van der Waals surface area contributed by atoms with Crippen molar-refractivity contribution in [3.8, 4) is 0 Å². The van der Waals surface area contributed by atoms with Crippen LogP contribution in [0.5, 0.6) is 0 Å². The number of carbonyl (C=O) groups excluding carboxylic acids is 2. The number of ether oxygens (including phenoxy) is 1. The van der Waals surface area contributed by atoms with Gasteiger partial charge in [0.15, 0.2) is 12.4 Å². The fraction of sp³-hybridized carbons (Fsp3) is 0.143. The number of thiophene rings is 1. The molecular formula is C14H11BrO3S. The maximum atomic E-state index is 11.8. The largest absolute Gasteiger partial charge is 0.457 e. The van der Waals surface area contributed by atoms with Gasteiger partial charge in [0.2, 0.25) is 0 Å². The van der Waals surface area contributed by atoms with Gasteiger partial charge >= 0.3 is 5.97 Å². The van der Waals surface area contributed by atoms with Crippen molar-refractivity contribution in [1.29, 1.82) is 0 Å². The summed E-state index contributed by atoms with van der Waals surface area (Å²) in [6.45, 7) is -0.222. The van der Waals surface area contributed by atoms with Gasteiger partial charge in [-0.15, -0.1) is 11.3 Å². The number of rotatable bonds is 5. The second kappa shape index (κ2) is 6.63. The van der Waals surface area contributed by atoms with Crippen LogP contribution in [0.4, 0.5) is 0 Å². The SMILES string of the molecule is O=C(Cc1cccs1)OCC(=O)c1cccc(Br)c1. The summed E-state index contributed by atoms with van der Waals surface area (Å²) in [6, 6.07) is 10.7. The molecule has 1 aromatic heterocycles. The Labute approximate surface area is 123 Å². The molecule has 0 radical (unpaired) electrons. The van der Waals surface area contributed by atoms with Crippen LogP contribution < -0.4 is 0 Å². The first-order valence-corrected chi connectivity index (χ1v) is 7.29. The van der Waals surface area contributed by atoms with E-state index in [1.54, 1.807) is 18.2 Å². The van der Waals surface area contributed by atoms with E-state index in [-0.39, 0.29) is 24.8 Å². The third kappa shape index (κ3) is 4.29. The molecule has 98 valence electrons. The number of Topliss-reactive ketones (excluding diaryl/α,β-unsaturated/α-hetero) is 1. The molecular weight excluding hydrogens is 328 g/mol. The average molecular weight is 339 g/mol. The normalized spacial score (nSPS) is 10.2. The number of halogens is 1. The van der Waals surface area contributed by atoms with Crippen LogP contribution in [0.2, 0.25) is 0 Å². The van der Waals surface area contributed by atoms with Crippen LogP contribution in [-0.2, 0) is 16.0 Å². The molecule has 0 saturated heterocycles. The van der Waals surface area contributed by atoms with Crippen molar-refractivity contribution >= 4 is 39.0 Å². The molecule has 0 bridgehead atoms. The highest BCUT2D eigenvalue weighted by molar-refractivity contribution is 9.10. The van der Waals surface area contributed by atoms with E-state index >= 15 is 0 Å². The van der Waals surface area contributed by atoms with Gasteiger partial charge in [-0.25, -0.2) is 0 Å². The van der Waals surface area contributed by atoms with Gasteiger partial charge in [-0.2, -0.15) is 0 Å². The van der Waals surface area contributed by atoms with Gasteiger partial charge in [0.25, 0.3) is 0 Å². The van der Waals surface area contributed by atoms with Crippen molar-refractivity contribution in [2.75, 3.05) is 6.61 Å². The number of esters is 1. The third-order valence-corrected chi connectivity index (χ3v) is 3.78. The van der Waals surface area contributed by atoms with Gasteiger partial charge in [0.1, 0.15) is 0 Å². The van der Waals surface area contributed by atoms with Crippen LogP contribution in [0.1, 0.15) is 15.2 Å². The molecule has 0 saturated carbocycles. The maximum Gasteiger partial charge on any atom is 0.311 e. The highest BCUT2D eigenvalue weighted by Gasteiger charge is 2.11. The third-order valence-electron chi connectivity index (χ3n) is 2.41. The van der Waals surface area contributed by atoms with E-state index in [2.05, 4.69) is 15.9 Å². The van der Waals surface area contributed by atoms with E-state index in [0.29, 0.717) is 5.56 Å². The van der Waals surface area contributed by atoms with Crippen molar-refractivity contribution in [2.45, 2.75) is 6.42 Å².